The lowest BCUT2D eigenvalue weighted by Crippen LogP contribution is -2.27. The molecule has 0 radical (unpaired) electrons. The Bertz CT molecular complexity index is 883. The number of nitrogens with one attached hydrogen (secondary N) is 1. The van der Waals surface area contributed by atoms with Gasteiger partial charge in [-0.25, -0.2) is 4.98 Å². The third kappa shape index (κ3) is 3.11. The van der Waals surface area contributed by atoms with Crippen LogP contribution < -0.4 is 10.1 Å². The molecule has 124 valence electrons. The van der Waals surface area contributed by atoms with Crippen LogP contribution in [0.25, 0.3) is 11.0 Å². The van der Waals surface area contributed by atoms with Gasteiger partial charge in [-0.2, -0.15) is 0 Å². The van der Waals surface area contributed by atoms with Crippen LogP contribution in [0.1, 0.15) is 21.7 Å². The van der Waals surface area contributed by atoms with Crippen molar-refractivity contribution in [3.05, 3.63) is 59.4 Å². The van der Waals surface area contributed by atoms with E-state index in [2.05, 4.69) is 14.9 Å². The number of amides is 1. The number of hydrogen-bond donors (Lipinski definition) is 1. The first-order valence-electron chi connectivity index (χ1n) is 7.95. The molecule has 0 aliphatic carbocycles. The van der Waals surface area contributed by atoms with Crippen LogP contribution in [0, 0.1) is 13.8 Å². The van der Waals surface area contributed by atoms with Crippen molar-refractivity contribution in [3.8, 4) is 5.75 Å². The van der Waals surface area contributed by atoms with Crippen LogP contribution in [0.2, 0.25) is 0 Å². The SMILES string of the molecule is COc1cc(C(=O)NCCn2c(C)nc3ccccc32)ccc1C. The van der Waals surface area contributed by atoms with E-state index in [-0.39, 0.29) is 5.91 Å². The first kappa shape index (κ1) is 16.1. The standard InChI is InChI=1S/C19H21N3O2/c1-13-8-9-15(12-18(13)24-3)19(23)20-10-11-22-14(2)21-16-6-4-5-7-17(16)22/h4-9,12H,10-11H2,1-3H3,(H,20,23). The fourth-order valence-corrected chi connectivity index (χ4v) is 2.82. The maximum Gasteiger partial charge on any atom is 0.251 e. The van der Waals surface area contributed by atoms with Gasteiger partial charge in [-0.3, -0.25) is 4.79 Å². The van der Waals surface area contributed by atoms with E-state index < -0.39 is 0 Å². The molecule has 24 heavy (non-hydrogen) atoms. The van der Waals surface area contributed by atoms with Gasteiger partial charge in [0.05, 0.1) is 18.1 Å². The molecule has 0 unspecified atom stereocenters. The van der Waals surface area contributed by atoms with Crippen LogP contribution in [0.15, 0.2) is 42.5 Å². The van der Waals surface area contributed by atoms with Crippen molar-refractivity contribution in [1.82, 2.24) is 14.9 Å². The smallest absolute Gasteiger partial charge is 0.251 e. The summed E-state index contributed by atoms with van der Waals surface area (Å²) in [7, 11) is 1.61. The molecule has 0 fully saturated rings. The van der Waals surface area contributed by atoms with Gasteiger partial charge >= 0.3 is 0 Å². The Labute approximate surface area is 141 Å². The molecule has 1 N–H and O–H groups in total. The number of methoxy groups -OCH3 is 1. The van der Waals surface area contributed by atoms with Gasteiger partial charge in [0.2, 0.25) is 0 Å². The zero-order valence-corrected chi connectivity index (χ0v) is 14.2. The highest BCUT2D eigenvalue weighted by Crippen LogP contribution is 2.19. The van der Waals surface area contributed by atoms with E-state index in [1.165, 1.54) is 0 Å². The van der Waals surface area contributed by atoms with Crippen molar-refractivity contribution in [1.29, 1.82) is 0 Å². The molecular weight excluding hydrogens is 302 g/mol. The molecule has 0 spiro atoms. The van der Waals surface area contributed by atoms with Crippen molar-refractivity contribution in [2.75, 3.05) is 13.7 Å². The summed E-state index contributed by atoms with van der Waals surface area (Å²) >= 11 is 0. The topological polar surface area (TPSA) is 56.1 Å². The van der Waals surface area contributed by atoms with Crippen LogP contribution in [-0.2, 0) is 6.54 Å². The van der Waals surface area contributed by atoms with Gasteiger partial charge in [-0.05, 0) is 43.7 Å². The molecule has 0 saturated carbocycles. The van der Waals surface area contributed by atoms with Crippen molar-refractivity contribution in [2.45, 2.75) is 20.4 Å². The lowest BCUT2D eigenvalue weighted by atomic mass is 10.1. The van der Waals surface area contributed by atoms with Crippen LogP contribution in [0.5, 0.6) is 5.75 Å². The van der Waals surface area contributed by atoms with Crippen LogP contribution >= 0.6 is 0 Å². The number of fused-ring (bicyclic) bond motifs is 1. The highest BCUT2D eigenvalue weighted by atomic mass is 16.5. The number of rotatable bonds is 5. The third-order valence-corrected chi connectivity index (χ3v) is 4.14. The van der Waals surface area contributed by atoms with E-state index in [1.54, 1.807) is 13.2 Å². The number of aryl methyl sites for hydroxylation is 2. The summed E-state index contributed by atoms with van der Waals surface area (Å²) in [5.74, 6) is 1.57. The number of ether oxygens (including phenoxy) is 1. The Kier molecular flexibility index (Phi) is 4.51. The lowest BCUT2D eigenvalue weighted by Gasteiger charge is -2.10. The molecule has 0 saturated heterocycles. The average molecular weight is 323 g/mol. The van der Waals surface area contributed by atoms with E-state index in [9.17, 15) is 4.79 Å². The molecule has 3 rings (SSSR count). The van der Waals surface area contributed by atoms with Gasteiger partial charge in [0.15, 0.2) is 0 Å². The average Bonchev–Trinajstić information content (AvgIpc) is 2.91. The van der Waals surface area contributed by atoms with Gasteiger partial charge in [0.1, 0.15) is 11.6 Å². The number of imidazole rings is 1. The van der Waals surface area contributed by atoms with E-state index in [0.717, 1.165) is 28.2 Å². The Morgan fingerprint density at radius 3 is 2.79 bits per heavy atom. The molecule has 0 atom stereocenters. The van der Waals surface area contributed by atoms with Gasteiger partial charge in [-0.1, -0.05) is 18.2 Å². The normalized spacial score (nSPS) is 10.8. The van der Waals surface area contributed by atoms with E-state index in [4.69, 9.17) is 4.74 Å². The molecule has 5 heteroatoms. The second kappa shape index (κ2) is 6.74. The zero-order valence-electron chi connectivity index (χ0n) is 14.2. The lowest BCUT2D eigenvalue weighted by molar-refractivity contribution is 0.0952. The quantitative estimate of drug-likeness (QED) is 0.785. The Hall–Kier alpha value is -2.82. The first-order valence-corrected chi connectivity index (χ1v) is 7.95. The van der Waals surface area contributed by atoms with Gasteiger partial charge in [0.25, 0.3) is 5.91 Å². The molecule has 0 bridgehead atoms. The summed E-state index contributed by atoms with van der Waals surface area (Å²) in [5.41, 5.74) is 3.67. The predicted octanol–water partition coefficient (Wildman–Crippen LogP) is 3.09. The molecule has 0 aliphatic heterocycles. The Morgan fingerprint density at radius 1 is 1.21 bits per heavy atom. The molecular formula is C19H21N3O2. The van der Waals surface area contributed by atoms with Gasteiger partial charge in [0, 0.05) is 18.7 Å². The maximum atomic E-state index is 12.3. The number of para-hydroxylation sites is 2. The number of benzene rings is 2. The number of aromatic nitrogens is 2. The van der Waals surface area contributed by atoms with Crippen LogP contribution in [0.3, 0.4) is 0 Å². The molecule has 3 aromatic rings. The van der Waals surface area contributed by atoms with E-state index >= 15 is 0 Å². The zero-order chi connectivity index (χ0) is 17.1. The minimum atomic E-state index is -0.102. The highest BCUT2D eigenvalue weighted by molar-refractivity contribution is 5.94. The van der Waals surface area contributed by atoms with Crippen molar-refractivity contribution >= 4 is 16.9 Å². The predicted molar refractivity (Wildman–Crippen MR) is 94.5 cm³/mol. The van der Waals surface area contributed by atoms with Crippen LogP contribution in [0.4, 0.5) is 0 Å². The number of carbonyl (C=O) groups excluding carboxylic acids is 1. The van der Waals surface area contributed by atoms with Gasteiger partial charge < -0.3 is 14.6 Å². The summed E-state index contributed by atoms with van der Waals surface area (Å²) < 4.78 is 7.39. The molecule has 5 nitrogen and oxygen atoms in total. The molecule has 2 aromatic carbocycles. The maximum absolute atomic E-state index is 12.3. The van der Waals surface area contributed by atoms with Crippen LogP contribution in [-0.4, -0.2) is 29.1 Å². The number of nitrogens with zero attached hydrogens (tertiary/aromatic N) is 2. The monoisotopic (exact) mass is 323 g/mol. The molecule has 1 heterocycles. The van der Waals surface area contributed by atoms with Crippen molar-refractivity contribution < 1.29 is 9.53 Å². The fraction of sp³-hybridized carbons (Fsp3) is 0.263. The first-order chi connectivity index (χ1) is 11.6. The summed E-state index contributed by atoms with van der Waals surface area (Å²) in [6, 6.07) is 13.5. The summed E-state index contributed by atoms with van der Waals surface area (Å²) in [4.78, 5) is 16.8. The van der Waals surface area contributed by atoms with Crippen molar-refractivity contribution in [3.63, 3.8) is 0 Å². The number of carbonyl (C=O) groups is 1. The minimum absolute atomic E-state index is 0.102. The summed E-state index contributed by atoms with van der Waals surface area (Å²) in [6.45, 7) is 5.15. The van der Waals surface area contributed by atoms with Gasteiger partial charge in [-0.15, -0.1) is 0 Å². The molecule has 1 aromatic heterocycles. The summed E-state index contributed by atoms with van der Waals surface area (Å²) in [5, 5.41) is 2.96. The molecule has 0 aliphatic rings. The second-order valence-corrected chi connectivity index (χ2v) is 5.74. The minimum Gasteiger partial charge on any atom is -0.496 e. The summed E-state index contributed by atoms with van der Waals surface area (Å²) in [6.07, 6.45) is 0. The highest BCUT2D eigenvalue weighted by Gasteiger charge is 2.10. The third-order valence-electron chi connectivity index (χ3n) is 4.14. The second-order valence-electron chi connectivity index (χ2n) is 5.74. The largest absolute Gasteiger partial charge is 0.496 e. The Balaban J connectivity index is 1.67. The molecule has 1 amide bonds. The van der Waals surface area contributed by atoms with Crippen molar-refractivity contribution in [2.24, 2.45) is 0 Å². The number of hydrogen-bond acceptors (Lipinski definition) is 3. The Morgan fingerprint density at radius 2 is 2.00 bits per heavy atom. The van der Waals surface area contributed by atoms with E-state index in [0.29, 0.717) is 18.7 Å². The fourth-order valence-electron chi connectivity index (χ4n) is 2.82. The van der Waals surface area contributed by atoms with E-state index in [1.807, 2.05) is 50.2 Å².